The molecular weight excluding hydrogens is 232 g/mol. The van der Waals surface area contributed by atoms with E-state index in [1.165, 1.54) is 4.90 Å². The van der Waals surface area contributed by atoms with E-state index < -0.39 is 15.8 Å². The Labute approximate surface area is 99.6 Å². The summed E-state index contributed by atoms with van der Waals surface area (Å²) in [5.41, 5.74) is 0. The van der Waals surface area contributed by atoms with Crippen molar-refractivity contribution in [3.8, 4) is 0 Å². The summed E-state index contributed by atoms with van der Waals surface area (Å²) in [4.78, 5) is 35.3. The fourth-order valence-electron chi connectivity index (χ4n) is 1.63. The zero-order chi connectivity index (χ0) is 12.2. The summed E-state index contributed by atoms with van der Waals surface area (Å²) in [6.07, 6.45) is 3.26. The van der Waals surface area contributed by atoms with E-state index in [2.05, 4.69) is 6.92 Å². The van der Waals surface area contributed by atoms with Crippen molar-refractivity contribution in [3.05, 3.63) is 0 Å². The maximum Gasteiger partial charge on any atom is 0.428 e. The van der Waals surface area contributed by atoms with Gasteiger partial charge >= 0.3 is 18.2 Å². The summed E-state index contributed by atoms with van der Waals surface area (Å²) >= 11 is 5.70. The Morgan fingerprint density at radius 2 is 2.12 bits per heavy atom. The lowest BCUT2D eigenvalue weighted by Gasteiger charge is -2.30. The highest BCUT2D eigenvalue weighted by atomic mass is 35.5. The minimum Gasteiger partial charge on any atom is -0.325 e. The third kappa shape index (κ3) is 2.59. The largest absolute Gasteiger partial charge is 0.428 e. The van der Waals surface area contributed by atoms with E-state index in [1.807, 2.05) is 0 Å². The van der Waals surface area contributed by atoms with Gasteiger partial charge in [-0.25, -0.2) is 9.59 Å². The van der Waals surface area contributed by atoms with Crippen LogP contribution in [0.5, 0.6) is 0 Å². The first-order valence-corrected chi connectivity index (χ1v) is 5.76. The molecule has 0 bridgehead atoms. The third-order valence-electron chi connectivity index (χ3n) is 2.70. The second kappa shape index (κ2) is 5.41. The molecule has 6 heteroatoms. The number of unbranched alkanes of at least 4 members (excludes halogenated alkanes) is 2. The highest BCUT2D eigenvalue weighted by Crippen LogP contribution is 2.17. The van der Waals surface area contributed by atoms with Crippen molar-refractivity contribution in [1.82, 2.24) is 4.90 Å². The maximum atomic E-state index is 11.6. The number of nitrogens with zero attached hydrogens (tertiary/aromatic N) is 2. The molecule has 1 rings (SSSR count). The van der Waals surface area contributed by atoms with Gasteiger partial charge in [0.25, 0.3) is 0 Å². The molecule has 0 N–H and O–H groups in total. The molecule has 0 aromatic rings. The number of halogens is 1. The normalized spacial score (nSPS) is 26.0. The van der Waals surface area contributed by atoms with E-state index in [4.69, 9.17) is 11.8 Å². The zero-order valence-electron chi connectivity index (χ0n) is 9.32. The fraction of sp³-hybridized carbons (Fsp3) is 0.700. The van der Waals surface area contributed by atoms with E-state index in [0.717, 1.165) is 19.3 Å². The standard InChI is InChI=1S/C10H16ClN2O3/c1-2-3-4-5-12-6-7-13(11,8-14)10(16)9(12)15/h8H,2-7H2,1H3/q+1. The van der Waals surface area contributed by atoms with Gasteiger partial charge in [0.05, 0.1) is 6.54 Å². The molecule has 3 amide bonds. The van der Waals surface area contributed by atoms with Gasteiger partial charge in [-0.1, -0.05) is 23.8 Å². The van der Waals surface area contributed by atoms with E-state index in [9.17, 15) is 14.4 Å². The quantitative estimate of drug-likeness (QED) is 0.311. The second-order valence-electron chi connectivity index (χ2n) is 3.90. The van der Waals surface area contributed by atoms with Gasteiger partial charge in [0, 0.05) is 6.54 Å². The number of hydrogen-bond donors (Lipinski definition) is 0. The van der Waals surface area contributed by atoms with Gasteiger partial charge in [0.2, 0.25) is 0 Å². The molecule has 0 radical (unpaired) electrons. The molecule has 5 nitrogen and oxygen atoms in total. The first-order valence-electron chi connectivity index (χ1n) is 5.42. The molecule has 1 atom stereocenters. The monoisotopic (exact) mass is 247 g/mol. The Morgan fingerprint density at radius 3 is 2.69 bits per heavy atom. The number of amides is 3. The Kier molecular flexibility index (Phi) is 4.44. The van der Waals surface area contributed by atoms with Crippen molar-refractivity contribution in [2.24, 2.45) is 0 Å². The molecule has 0 saturated carbocycles. The number of quaternary nitrogens is 1. The highest BCUT2D eigenvalue weighted by Gasteiger charge is 2.48. The Morgan fingerprint density at radius 1 is 1.44 bits per heavy atom. The van der Waals surface area contributed by atoms with Gasteiger partial charge in [-0.05, 0) is 6.42 Å². The average molecular weight is 248 g/mol. The summed E-state index contributed by atoms with van der Waals surface area (Å²) in [5, 5.41) is 0. The average Bonchev–Trinajstić information content (AvgIpc) is 2.29. The Hall–Kier alpha value is -0.940. The fourth-order valence-corrected chi connectivity index (χ4v) is 1.78. The van der Waals surface area contributed by atoms with Crippen LogP contribution in [0.15, 0.2) is 0 Å². The predicted octanol–water partition coefficient (Wildman–Crippen LogP) is 0.672. The van der Waals surface area contributed by atoms with Crippen LogP contribution in [0.25, 0.3) is 0 Å². The van der Waals surface area contributed by atoms with E-state index in [-0.39, 0.29) is 6.54 Å². The Balaban J connectivity index is 2.59. The van der Waals surface area contributed by atoms with E-state index in [0.29, 0.717) is 19.5 Å². The van der Waals surface area contributed by atoms with Crippen LogP contribution in [0.1, 0.15) is 26.2 Å². The van der Waals surface area contributed by atoms with Crippen LogP contribution >= 0.6 is 11.8 Å². The third-order valence-corrected chi connectivity index (χ3v) is 3.10. The highest BCUT2D eigenvalue weighted by molar-refractivity contribution is 6.38. The topological polar surface area (TPSA) is 54.5 Å². The smallest absolute Gasteiger partial charge is 0.325 e. The number of carbonyl (C=O) groups is 3. The van der Waals surface area contributed by atoms with Crippen molar-refractivity contribution in [2.75, 3.05) is 19.6 Å². The first-order chi connectivity index (χ1) is 7.55. The molecule has 1 aliphatic heterocycles. The molecule has 16 heavy (non-hydrogen) atoms. The molecule has 1 saturated heterocycles. The molecule has 0 aromatic heterocycles. The number of carbonyl (C=O) groups excluding carboxylic acids is 3. The number of imide groups is 1. The summed E-state index contributed by atoms with van der Waals surface area (Å²) < 4.78 is -0.941. The minimum absolute atomic E-state index is 0.155. The first kappa shape index (κ1) is 13.1. The van der Waals surface area contributed by atoms with Gasteiger partial charge in [0.15, 0.2) is 11.8 Å². The van der Waals surface area contributed by atoms with Crippen LogP contribution in [-0.4, -0.2) is 46.8 Å². The lowest BCUT2D eigenvalue weighted by molar-refractivity contribution is -0.645. The lowest BCUT2D eigenvalue weighted by atomic mass is 10.2. The van der Waals surface area contributed by atoms with Gasteiger partial charge in [0.1, 0.15) is 6.54 Å². The summed E-state index contributed by atoms with van der Waals surface area (Å²) in [6.45, 7) is 3.14. The molecule has 0 aromatic carbocycles. The molecule has 0 spiro atoms. The molecule has 1 aliphatic rings. The molecule has 1 heterocycles. The maximum absolute atomic E-state index is 11.6. The minimum atomic E-state index is -0.941. The molecule has 90 valence electrons. The number of piperazine rings is 1. The summed E-state index contributed by atoms with van der Waals surface area (Å²) in [6, 6.07) is 0. The van der Waals surface area contributed by atoms with Crippen LogP contribution in [0.2, 0.25) is 0 Å². The zero-order valence-corrected chi connectivity index (χ0v) is 10.1. The molecule has 0 aliphatic carbocycles. The van der Waals surface area contributed by atoms with Gasteiger partial charge < -0.3 is 4.90 Å². The lowest BCUT2D eigenvalue weighted by Crippen LogP contribution is -2.60. The van der Waals surface area contributed by atoms with Crippen LogP contribution in [0.4, 0.5) is 0 Å². The van der Waals surface area contributed by atoms with Gasteiger partial charge in [-0.15, -0.1) is 0 Å². The van der Waals surface area contributed by atoms with Crippen molar-refractivity contribution in [3.63, 3.8) is 0 Å². The van der Waals surface area contributed by atoms with E-state index in [1.54, 1.807) is 0 Å². The molecular formula is C10H16ClN2O3+. The van der Waals surface area contributed by atoms with Crippen LogP contribution < -0.4 is 0 Å². The van der Waals surface area contributed by atoms with Gasteiger partial charge in [-0.2, -0.15) is 0 Å². The predicted molar refractivity (Wildman–Crippen MR) is 58.2 cm³/mol. The van der Waals surface area contributed by atoms with Gasteiger partial charge in [-0.3, -0.25) is 4.79 Å². The van der Waals surface area contributed by atoms with E-state index >= 15 is 0 Å². The van der Waals surface area contributed by atoms with Crippen LogP contribution in [-0.2, 0) is 14.4 Å². The van der Waals surface area contributed by atoms with Crippen molar-refractivity contribution < 1.29 is 18.4 Å². The van der Waals surface area contributed by atoms with Crippen LogP contribution in [0.3, 0.4) is 0 Å². The van der Waals surface area contributed by atoms with Crippen molar-refractivity contribution in [2.45, 2.75) is 26.2 Å². The number of rotatable bonds is 5. The SMILES string of the molecule is CCCCCN1CC[N+](Cl)(C=O)C(=O)C1=O. The molecule has 1 unspecified atom stereocenters. The van der Waals surface area contributed by atoms with Crippen molar-refractivity contribution >= 4 is 30.0 Å². The second-order valence-corrected chi connectivity index (χ2v) is 4.51. The molecule has 1 fully saturated rings. The van der Waals surface area contributed by atoms with Crippen LogP contribution in [0, 0.1) is 0 Å². The number of hydrogen-bond acceptors (Lipinski definition) is 3. The van der Waals surface area contributed by atoms with Crippen molar-refractivity contribution in [1.29, 1.82) is 0 Å². The summed E-state index contributed by atoms with van der Waals surface area (Å²) in [7, 11) is 0. The Bertz CT molecular complexity index is 308. The summed E-state index contributed by atoms with van der Waals surface area (Å²) in [5.74, 6) is -1.50.